The molecule has 0 amide bonds. The summed E-state index contributed by atoms with van der Waals surface area (Å²) in [6.07, 6.45) is 4.39. The molecule has 3 heterocycles. The van der Waals surface area contributed by atoms with E-state index in [1.165, 1.54) is 45.5 Å². The summed E-state index contributed by atoms with van der Waals surface area (Å²) in [6, 6.07) is 10.9. The van der Waals surface area contributed by atoms with Crippen LogP contribution in [0.2, 0.25) is 0 Å². The molecule has 0 atom stereocenters. The van der Waals surface area contributed by atoms with Gasteiger partial charge in [-0.15, -0.1) is 0 Å². The molecule has 0 saturated carbocycles. The summed E-state index contributed by atoms with van der Waals surface area (Å²) in [5.74, 6) is 0. The van der Waals surface area contributed by atoms with Crippen LogP contribution in [-0.2, 0) is 0 Å². The summed E-state index contributed by atoms with van der Waals surface area (Å²) >= 11 is -0.290. The average molecular weight is 510 g/mol. The van der Waals surface area contributed by atoms with Crippen molar-refractivity contribution in [2.75, 3.05) is 0 Å². The third kappa shape index (κ3) is 1.70. The Morgan fingerprint density at radius 2 is 1.95 bits per heavy atom. The van der Waals surface area contributed by atoms with Gasteiger partial charge in [0.25, 0.3) is 0 Å². The van der Waals surface area contributed by atoms with Crippen LogP contribution >= 0.6 is 41.5 Å². The highest BCUT2D eigenvalue weighted by Crippen LogP contribution is 2.39. The summed E-state index contributed by atoms with van der Waals surface area (Å²) in [5, 5.41) is 4.10. The molecule has 0 saturated heterocycles. The van der Waals surface area contributed by atoms with E-state index in [0.29, 0.717) is 0 Å². The van der Waals surface area contributed by atoms with Crippen molar-refractivity contribution in [1.82, 2.24) is 9.97 Å². The Labute approximate surface area is 147 Å². The first-order chi connectivity index (χ1) is 10.9. The van der Waals surface area contributed by atoms with Crippen molar-refractivity contribution in [3.05, 3.63) is 49.2 Å². The predicted octanol–water partition coefficient (Wildman–Crippen LogP) is 5.34. The highest BCUT2D eigenvalue weighted by molar-refractivity contribution is 14.2. The van der Waals surface area contributed by atoms with Gasteiger partial charge in [-0.3, -0.25) is 0 Å². The number of hydrogen-bond donors (Lipinski definition) is 2. The molecule has 2 aromatic heterocycles. The molecule has 2 aromatic carbocycles. The van der Waals surface area contributed by atoms with Gasteiger partial charge >= 0.3 is 0 Å². The van der Waals surface area contributed by atoms with Gasteiger partial charge in [-0.25, -0.2) is 0 Å². The number of benzene rings is 2. The second-order valence-corrected chi connectivity index (χ2v) is 9.55. The molecule has 0 radical (unpaired) electrons. The molecular weight excluding hydrogens is 498 g/mol. The van der Waals surface area contributed by atoms with Crippen molar-refractivity contribution < 1.29 is 0 Å². The zero-order chi connectivity index (χ0) is 14.7. The first kappa shape index (κ1) is 13.2. The van der Waals surface area contributed by atoms with E-state index in [1.807, 2.05) is 0 Å². The monoisotopic (exact) mass is 510 g/mol. The van der Waals surface area contributed by atoms with Gasteiger partial charge < -0.3 is 9.97 Å². The first-order valence-electron chi connectivity index (χ1n) is 6.97. The molecule has 5 rings (SSSR count). The number of fused-ring (bicyclic) bond motifs is 6. The zero-order valence-electron chi connectivity index (χ0n) is 11.6. The SMILES string of the molecule is C=Ic1c2[nH]c3c(c2cc2[nH]c4ccccc4c12)I=CC=C3. The predicted molar refractivity (Wildman–Crippen MR) is 115 cm³/mol. The van der Waals surface area contributed by atoms with Crippen LogP contribution in [-0.4, -0.2) is 18.5 Å². The van der Waals surface area contributed by atoms with Gasteiger partial charge in [0.1, 0.15) is 0 Å². The van der Waals surface area contributed by atoms with Crippen LogP contribution in [0.1, 0.15) is 5.69 Å². The minimum Gasteiger partial charge on any atom is -0.354 e. The van der Waals surface area contributed by atoms with Crippen molar-refractivity contribution in [3.63, 3.8) is 0 Å². The lowest BCUT2D eigenvalue weighted by atomic mass is 10.1. The molecule has 2 nitrogen and oxygen atoms in total. The van der Waals surface area contributed by atoms with E-state index in [-0.39, 0.29) is 41.5 Å². The molecular formula is C18H12I2N2. The minimum absolute atomic E-state index is 0.0337. The maximum atomic E-state index is 4.31. The number of hydrogen-bond acceptors (Lipinski definition) is 0. The van der Waals surface area contributed by atoms with Crippen molar-refractivity contribution in [1.29, 1.82) is 0 Å². The van der Waals surface area contributed by atoms with Gasteiger partial charge in [0.05, 0.1) is 11.2 Å². The lowest BCUT2D eigenvalue weighted by molar-refractivity contribution is 1.41. The van der Waals surface area contributed by atoms with Gasteiger partial charge in [-0.2, -0.15) is 0 Å². The Hall–Kier alpha value is -1.28. The van der Waals surface area contributed by atoms with E-state index in [0.717, 1.165) is 0 Å². The Kier molecular flexibility index (Phi) is 2.91. The number of nitrogens with one attached hydrogen (secondary N) is 2. The second-order valence-electron chi connectivity index (χ2n) is 5.29. The Bertz CT molecular complexity index is 1140. The molecule has 1 aliphatic heterocycles. The maximum Gasteiger partial charge on any atom is 0.0608 e. The molecule has 2 N–H and O–H groups in total. The van der Waals surface area contributed by atoms with Gasteiger partial charge in [0.15, 0.2) is 0 Å². The molecule has 0 fully saturated rings. The third-order valence-corrected chi connectivity index (χ3v) is 8.51. The van der Waals surface area contributed by atoms with Crippen LogP contribution in [0.15, 0.2) is 36.4 Å². The van der Waals surface area contributed by atoms with Gasteiger partial charge in [-0.1, -0.05) is 70.3 Å². The number of para-hydroxylation sites is 1. The molecule has 0 unspecified atom stereocenters. The number of aromatic amines is 2. The van der Waals surface area contributed by atoms with Crippen LogP contribution in [0.5, 0.6) is 0 Å². The van der Waals surface area contributed by atoms with E-state index in [9.17, 15) is 0 Å². The smallest absolute Gasteiger partial charge is 0.0608 e. The van der Waals surface area contributed by atoms with Crippen molar-refractivity contribution in [3.8, 4) is 0 Å². The van der Waals surface area contributed by atoms with E-state index in [1.54, 1.807) is 0 Å². The van der Waals surface area contributed by atoms with E-state index in [2.05, 4.69) is 61.0 Å². The van der Waals surface area contributed by atoms with Crippen molar-refractivity contribution >= 4 is 88.8 Å². The molecule has 4 aromatic rings. The maximum absolute atomic E-state index is 4.31. The average Bonchev–Trinajstić information content (AvgIpc) is 3.11. The van der Waals surface area contributed by atoms with Crippen LogP contribution in [0.4, 0.5) is 0 Å². The number of allylic oxidation sites excluding steroid dienone is 1. The largest absolute Gasteiger partial charge is 0.354 e. The summed E-state index contributed by atoms with van der Waals surface area (Å²) < 4.78 is 9.61. The van der Waals surface area contributed by atoms with Gasteiger partial charge in [0, 0.05) is 34.3 Å². The van der Waals surface area contributed by atoms with E-state index >= 15 is 0 Å². The molecule has 0 bridgehead atoms. The molecule has 0 spiro atoms. The Morgan fingerprint density at radius 3 is 2.86 bits per heavy atom. The molecule has 4 heteroatoms. The summed E-state index contributed by atoms with van der Waals surface area (Å²) in [6.45, 7) is 0. The Morgan fingerprint density at radius 1 is 1.05 bits per heavy atom. The molecule has 108 valence electrons. The van der Waals surface area contributed by atoms with Gasteiger partial charge in [-0.05, 0) is 22.2 Å². The van der Waals surface area contributed by atoms with E-state index < -0.39 is 0 Å². The third-order valence-electron chi connectivity index (χ3n) is 4.11. The van der Waals surface area contributed by atoms with Crippen LogP contribution in [0.25, 0.3) is 38.8 Å². The van der Waals surface area contributed by atoms with Crippen molar-refractivity contribution in [2.45, 2.75) is 0 Å². The normalized spacial score (nSPS) is 13.8. The quantitative estimate of drug-likeness (QED) is 0.324. The van der Waals surface area contributed by atoms with Crippen LogP contribution in [0, 0.1) is 7.14 Å². The summed E-state index contributed by atoms with van der Waals surface area (Å²) in [5.41, 5.74) is 5.11. The van der Waals surface area contributed by atoms with Crippen molar-refractivity contribution in [2.24, 2.45) is 0 Å². The lowest BCUT2D eigenvalue weighted by Gasteiger charge is -2.01. The molecule has 1 aliphatic rings. The standard InChI is InChI=1S/C18H12I2N2/c1-19-17-15-10-5-2-3-6-12(10)21-14(15)9-11-16-13(22-18(11)17)7-4-8-20-16/h2-9,21-22H,1H2. The lowest BCUT2D eigenvalue weighted by Crippen LogP contribution is -1.80. The molecule has 22 heavy (non-hydrogen) atoms. The zero-order valence-corrected chi connectivity index (χ0v) is 15.9. The fourth-order valence-electron chi connectivity index (χ4n) is 3.20. The number of aromatic nitrogens is 2. The second kappa shape index (κ2) is 4.86. The van der Waals surface area contributed by atoms with E-state index in [4.69, 9.17) is 0 Å². The van der Waals surface area contributed by atoms with Crippen LogP contribution in [0.3, 0.4) is 0 Å². The van der Waals surface area contributed by atoms with Gasteiger partial charge in [0.2, 0.25) is 0 Å². The Balaban J connectivity index is 2.07. The summed E-state index contributed by atoms with van der Waals surface area (Å²) in [7, 11) is 0. The minimum atomic E-state index is -0.257. The number of H-pyrrole nitrogens is 2. The fourth-order valence-corrected chi connectivity index (χ4v) is 7.15. The molecule has 0 aliphatic carbocycles. The highest BCUT2D eigenvalue weighted by atomic mass is 127. The number of halogens is 2. The number of rotatable bonds is 1. The summed E-state index contributed by atoms with van der Waals surface area (Å²) in [4.78, 5) is 7.28. The van der Waals surface area contributed by atoms with Crippen LogP contribution < -0.4 is 0 Å². The first-order valence-corrected chi connectivity index (χ1v) is 11.9. The fraction of sp³-hybridized carbons (Fsp3) is 0. The topological polar surface area (TPSA) is 31.6 Å². The highest BCUT2D eigenvalue weighted by Gasteiger charge is 2.17.